The molecule has 0 spiro atoms. The Morgan fingerprint density at radius 2 is 1.33 bits per heavy atom. The Kier molecular flexibility index (Phi) is 20.2. The van der Waals surface area contributed by atoms with Gasteiger partial charge in [-0.1, -0.05) is 45.4 Å². The molecule has 0 aliphatic heterocycles. The first-order valence-corrected chi connectivity index (χ1v) is 6.77. The average molecular weight is 313 g/mol. The second-order valence-electron chi connectivity index (χ2n) is 3.22. The van der Waals surface area contributed by atoms with E-state index in [1.165, 1.54) is 59.7 Å². The average Bonchev–Trinajstić information content (AvgIpc) is 2.03. The van der Waals surface area contributed by atoms with Gasteiger partial charge in [0.2, 0.25) is 0 Å². The summed E-state index contributed by atoms with van der Waals surface area (Å²) in [6, 6.07) is 0. The maximum Gasteiger partial charge on any atom is 0 e. The molecule has 0 rings (SSSR count). The van der Waals surface area contributed by atoms with E-state index in [-0.39, 0.29) is 35.6 Å². The van der Waals surface area contributed by atoms with Crippen molar-refractivity contribution < 1.29 is 35.6 Å². The first-order valence-electron chi connectivity index (χ1n) is 5.06. The van der Waals surface area contributed by atoms with Gasteiger partial charge in [0.15, 0.2) is 0 Å². The second-order valence-corrected chi connectivity index (χ2v) is 4.43. The number of rotatable bonds is 8. The van der Waals surface area contributed by atoms with E-state index in [0.29, 0.717) is 0 Å². The summed E-state index contributed by atoms with van der Waals surface area (Å²) < 4.78 is 0. The molecule has 0 aliphatic carbocycles. The molecule has 0 N–H and O–H groups in total. The number of unbranched alkanes of at least 4 members (excludes halogenated alkanes) is 6. The normalized spacial score (nSPS) is 10.5. The van der Waals surface area contributed by atoms with Crippen LogP contribution in [0.3, 0.4) is 0 Å². The first kappa shape index (κ1) is 16.1. The second kappa shape index (κ2) is 15.1. The van der Waals surface area contributed by atoms with E-state index >= 15 is 0 Å². The standard InChI is InChI=1S/C10H23P.La/c1-3-4-5-6-7-8-9-10-11-2;/h11H,3-10H2,1-2H3;. The van der Waals surface area contributed by atoms with Crippen LogP contribution in [-0.2, 0) is 0 Å². The monoisotopic (exact) mass is 313 g/mol. The Hall–Kier alpha value is 1.62. The summed E-state index contributed by atoms with van der Waals surface area (Å²) in [7, 11) is 1.17. The van der Waals surface area contributed by atoms with Crippen molar-refractivity contribution in [1.82, 2.24) is 0 Å². The van der Waals surface area contributed by atoms with E-state index < -0.39 is 0 Å². The molecule has 0 bridgehead atoms. The molecule has 0 aromatic heterocycles. The van der Waals surface area contributed by atoms with Gasteiger partial charge in [-0.25, -0.2) is 0 Å². The van der Waals surface area contributed by atoms with Crippen molar-refractivity contribution in [2.45, 2.75) is 51.9 Å². The maximum absolute atomic E-state index is 2.30. The van der Waals surface area contributed by atoms with Crippen molar-refractivity contribution in [2.24, 2.45) is 0 Å². The van der Waals surface area contributed by atoms with Crippen LogP contribution in [0.5, 0.6) is 0 Å². The largest absolute Gasteiger partial charge is 0.125 e. The van der Waals surface area contributed by atoms with Gasteiger partial charge in [-0.3, -0.25) is 0 Å². The van der Waals surface area contributed by atoms with Gasteiger partial charge in [-0.05, 0) is 19.2 Å². The van der Waals surface area contributed by atoms with Gasteiger partial charge in [-0.15, -0.1) is 8.58 Å². The summed E-state index contributed by atoms with van der Waals surface area (Å²) in [6.07, 6.45) is 11.6. The molecule has 0 heterocycles. The van der Waals surface area contributed by atoms with E-state index in [0.717, 1.165) is 0 Å². The molecule has 0 nitrogen and oxygen atoms in total. The fourth-order valence-corrected chi connectivity index (χ4v) is 1.86. The summed E-state index contributed by atoms with van der Waals surface area (Å²) in [5.41, 5.74) is 0. The predicted molar refractivity (Wildman–Crippen MR) is 57.1 cm³/mol. The summed E-state index contributed by atoms with van der Waals surface area (Å²) in [5, 5.41) is 0. The molecule has 1 unspecified atom stereocenters. The fraction of sp³-hybridized carbons (Fsp3) is 1.00. The Balaban J connectivity index is 0. The molecular formula is C10H23LaP. The summed E-state index contributed by atoms with van der Waals surface area (Å²) in [4.78, 5) is 0. The minimum atomic E-state index is 0. The quantitative estimate of drug-likeness (QED) is 0.468. The van der Waals surface area contributed by atoms with Gasteiger partial charge in [0.05, 0.1) is 0 Å². The predicted octanol–water partition coefficient (Wildman–Crippen LogP) is 4.05. The smallest absolute Gasteiger partial charge is 0 e. The molecule has 0 saturated heterocycles. The first-order chi connectivity index (χ1) is 5.41. The summed E-state index contributed by atoms with van der Waals surface area (Å²) in [6.45, 7) is 4.58. The minimum Gasteiger partial charge on any atom is -0.125 e. The van der Waals surface area contributed by atoms with Gasteiger partial charge in [0, 0.05) is 35.6 Å². The number of hydrogen-bond acceptors (Lipinski definition) is 0. The van der Waals surface area contributed by atoms with Crippen LogP contribution in [0.1, 0.15) is 51.9 Å². The molecular weight excluding hydrogens is 290 g/mol. The maximum atomic E-state index is 2.30. The molecule has 0 aliphatic rings. The van der Waals surface area contributed by atoms with Crippen molar-refractivity contribution in [3.63, 3.8) is 0 Å². The van der Waals surface area contributed by atoms with Crippen LogP contribution < -0.4 is 0 Å². The molecule has 0 aromatic carbocycles. The molecule has 2 heteroatoms. The molecule has 12 heavy (non-hydrogen) atoms. The van der Waals surface area contributed by atoms with Gasteiger partial charge in [0.1, 0.15) is 0 Å². The van der Waals surface area contributed by atoms with Crippen LogP contribution in [0.25, 0.3) is 0 Å². The van der Waals surface area contributed by atoms with Crippen molar-refractivity contribution in [1.29, 1.82) is 0 Å². The van der Waals surface area contributed by atoms with Gasteiger partial charge in [0.25, 0.3) is 0 Å². The Morgan fingerprint density at radius 1 is 0.833 bits per heavy atom. The third-order valence-electron chi connectivity index (χ3n) is 2.03. The van der Waals surface area contributed by atoms with Crippen molar-refractivity contribution in [2.75, 3.05) is 12.8 Å². The van der Waals surface area contributed by atoms with Crippen molar-refractivity contribution in [3.8, 4) is 0 Å². The molecule has 71 valence electrons. The van der Waals surface area contributed by atoms with Crippen LogP contribution in [-0.4, -0.2) is 12.8 Å². The fourth-order valence-electron chi connectivity index (χ4n) is 1.26. The van der Waals surface area contributed by atoms with Crippen LogP contribution in [0.4, 0.5) is 0 Å². The van der Waals surface area contributed by atoms with Gasteiger partial charge < -0.3 is 0 Å². The van der Waals surface area contributed by atoms with Gasteiger partial charge >= 0.3 is 0 Å². The van der Waals surface area contributed by atoms with E-state index in [4.69, 9.17) is 0 Å². The van der Waals surface area contributed by atoms with Crippen LogP contribution in [0, 0.1) is 35.6 Å². The Morgan fingerprint density at radius 3 is 1.83 bits per heavy atom. The SMILES string of the molecule is CCCCCCCCCPC.[La]. The van der Waals surface area contributed by atoms with Crippen LogP contribution in [0.2, 0.25) is 0 Å². The van der Waals surface area contributed by atoms with E-state index in [2.05, 4.69) is 13.6 Å². The zero-order valence-electron chi connectivity index (χ0n) is 8.73. The Bertz CT molecular complexity index is 58.9. The van der Waals surface area contributed by atoms with E-state index in [1.54, 1.807) is 0 Å². The molecule has 0 fully saturated rings. The summed E-state index contributed by atoms with van der Waals surface area (Å²) in [5.74, 6) is 0. The number of hydrogen-bond donors (Lipinski definition) is 0. The topological polar surface area (TPSA) is 0 Å². The van der Waals surface area contributed by atoms with Crippen molar-refractivity contribution in [3.05, 3.63) is 0 Å². The van der Waals surface area contributed by atoms with Crippen molar-refractivity contribution >= 4 is 8.58 Å². The molecule has 1 atom stereocenters. The minimum absolute atomic E-state index is 0. The van der Waals surface area contributed by atoms with E-state index in [1.807, 2.05) is 0 Å². The zero-order chi connectivity index (χ0) is 8.36. The summed E-state index contributed by atoms with van der Waals surface area (Å²) >= 11 is 0. The van der Waals surface area contributed by atoms with Crippen LogP contribution in [0.15, 0.2) is 0 Å². The van der Waals surface area contributed by atoms with Gasteiger partial charge in [-0.2, -0.15) is 0 Å². The Labute approximate surface area is 108 Å². The molecule has 1 radical (unpaired) electrons. The molecule has 0 aromatic rings. The van der Waals surface area contributed by atoms with E-state index in [9.17, 15) is 0 Å². The molecule has 0 amide bonds. The third kappa shape index (κ3) is 14.2. The zero-order valence-corrected chi connectivity index (χ0v) is 13.4. The molecule has 0 saturated carbocycles. The van der Waals surface area contributed by atoms with Crippen LogP contribution >= 0.6 is 8.58 Å². The third-order valence-corrected chi connectivity index (χ3v) is 2.88.